The molecule has 0 aliphatic carbocycles. The van der Waals surface area contributed by atoms with E-state index in [-0.39, 0.29) is 0 Å². The van der Waals surface area contributed by atoms with Gasteiger partial charge in [-0.25, -0.2) is 0 Å². The second kappa shape index (κ2) is 5.81. The van der Waals surface area contributed by atoms with Gasteiger partial charge in [-0.2, -0.15) is 0 Å². The van der Waals surface area contributed by atoms with Crippen LogP contribution >= 0.6 is 11.3 Å². The van der Waals surface area contributed by atoms with Gasteiger partial charge in [-0.05, 0) is 24.1 Å². The zero-order chi connectivity index (χ0) is 14.1. The molecule has 1 aromatic heterocycles. The molecule has 8 heteroatoms. The van der Waals surface area contributed by atoms with Crippen molar-refractivity contribution in [2.75, 3.05) is 13.1 Å². The van der Waals surface area contributed by atoms with E-state index in [9.17, 15) is 14.7 Å². The minimum Gasteiger partial charge on any atom is -0.386 e. The van der Waals surface area contributed by atoms with E-state index in [1.807, 2.05) is 9.62 Å². The molecule has 1 aromatic rings. The number of fused-ring (bicyclic) bond motifs is 3. The van der Waals surface area contributed by atoms with Gasteiger partial charge in [0.25, 0.3) is 14.8 Å². The third-order valence-electron chi connectivity index (χ3n) is 3.83. The number of hydrogen-bond acceptors (Lipinski definition) is 6. The van der Waals surface area contributed by atoms with Gasteiger partial charge < -0.3 is 24.3 Å². The van der Waals surface area contributed by atoms with E-state index >= 15 is 0 Å². The number of β-amino-alcohol motifs (C(OH)–C–C–N with tert-alkyl or cyclic N) is 1. The molecule has 1 unspecified atom stereocenters. The number of nitrogens with zero attached hydrogens (tertiary/aromatic N) is 2. The maximum absolute atomic E-state index is 10.6. The molecular weight excluding hydrogens is 274 g/mol. The largest absolute Gasteiger partial charge is 0.386 e. The zero-order valence-electron chi connectivity index (χ0n) is 11.0. The molecule has 2 radical (unpaired) electrons. The molecule has 2 aliphatic heterocycles. The molecule has 102 valence electrons. The van der Waals surface area contributed by atoms with Crippen LogP contribution in [-0.2, 0) is 29.1 Å². The predicted octanol–water partition coefficient (Wildman–Crippen LogP) is -0.426. The van der Waals surface area contributed by atoms with Crippen molar-refractivity contribution >= 4 is 38.5 Å². The molecule has 0 saturated heterocycles. The van der Waals surface area contributed by atoms with Gasteiger partial charge in [0.05, 0.1) is 12.4 Å². The standard InChI is InChI=1S/C12H14B2N2O3S/c17-6-13-15-2-1-11-8(3-15)9-4-16(14-7-18)5-10(19)12(9)20-11/h6-7,10,19H,1-5H2. The molecule has 0 bridgehead atoms. The normalized spacial score (nSPS) is 22.8. The lowest BCUT2D eigenvalue weighted by molar-refractivity contribution is 0.136. The second-order valence-electron chi connectivity index (χ2n) is 5.08. The van der Waals surface area contributed by atoms with Crippen LogP contribution in [0.1, 0.15) is 27.0 Å². The number of thiophene rings is 1. The summed E-state index contributed by atoms with van der Waals surface area (Å²) < 4.78 is 0. The van der Waals surface area contributed by atoms with E-state index in [4.69, 9.17) is 0 Å². The summed E-state index contributed by atoms with van der Waals surface area (Å²) >= 11 is 1.68. The molecule has 3 rings (SSSR count). The Morgan fingerprint density at radius 2 is 1.85 bits per heavy atom. The van der Waals surface area contributed by atoms with Crippen LogP contribution in [0.4, 0.5) is 0 Å². The summed E-state index contributed by atoms with van der Waals surface area (Å²) in [5.41, 5.74) is 2.35. The summed E-state index contributed by atoms with van der Waals surface area (Å²) in [5.74, 6) is 0. The zero-order valence-corrected chi connectivity index (χ0v) is 11.8. The highest BCUT2D eigenvalue weighted by atomic mass is 32.1. The first-order chi connectivity index (χ1) is 9.72. The minimum atomic E-state index is -0.533. The van der Waals surface area contributed by atoms with Crippen LogP contribution in [0, 0.1) is 0 Å². The molecule has 0 amide bonds. The van der Waals surface area contributed by atoms with Gasteiger partial charge in [-0.3, -0.25) is 0 Å². The van der Waals surface area contributed by atoms with Crippen LogP contribution < -0.4 is 0 Å². The third kappa shape index (κ3) is 2.48. The summed E-state index contributed by atoms with van der Waals surface area (Å²) in [4.78, 5) is 27.4. The lowest BCUT2D eigenvalue weighted by atomic mass is 9.86. The molecule has 1 atom stereocenters. The van der Waals surface area contributed by atoms with Crippen LogP contribution in [-0.4, -0.2) is 55.0 Å². The Morgan fingerprint density at radius 3 is 2.60 bits per heavy atom. The summed E-state index contributed by atoms with van der Waals surface area (Å²) in [6.07, 6.45) is 1.93. The van der Waals surface area contributed by atoms with E-state index < -0.39 is 6.10 Å². The van der Waals surface area contributed by atoms with Crippen LogP contribution in [0.15, 0.2) is 0 Å². The Balaban J connectivity index is 1.89. The molecule has 0 saturated carbocycles. The molecule has 2 aliphatic rings. The Bertz CT molecular complexity index is 537. The maximum Gasteiger partial charge on any atom is 0.293 e. The molecule has 1 N–H and O–H groups in total. The Kier molecular flexibility index (Phi) is 4.07. The van der Waals surface area contributed by atoms with Crippen molar-refractivity contribution in [3.8, 4) is 0 Å². The number of carbonyl (C=O) groups is 2. The summed E-state index contributed by atoms with van der Waals surface area (Å²) in [6.45, 7) is 2.67. The lowest BCUT2D eigenvalue weighted by Gasteiger charge is -2.31. The summed E-state index contributed by atoms with van der Waals surface area (Å²) in [7, 11) is 3.05. The number of carbonyl (C=O) groups excluding carboxylic acids is 2. The maximum atomic E-state index is 10.6. The molecular formula is C12H14B2N2O3S. The van der Waals surface area contributed by atoms with Crippen LogP contribution in [0.5, 0.6) is 0 Å². The van der Waals surface area contributed by atoms with Crippen molar-refractivity contribution in [1.82, 2.24) is 9.62 Å². The van der Waals surface area contributed by atoms with Crippen LogP contribution in [0.3, 0.4) is 0 Å². The van der Waals surface area contributed by atoms with Crippen LogP contribution in [0.2, 0.25) is 0 Å². The fraction of sp³-hybridized carbons (Fsp3) is 0.500. The van der Waals surface area contributed by atoms with Crippen molar-refractivity contribution in [3.05, 3.63) is 20.9 Å². The van der Waals surface area contributed by atoms with Crippen LogP contribution in [0.25, 0.3) is 0 Å². The Labute approximate surface area is 123 Å². The summed E-state index contributed by atoms with van der Waals surface area (Å²) in [5, 5.41) is 10.2. The van der Waals surface area contributed by atoms with Gasteiger partial charge in [-0.1, -0.05) is 0 Å². The smallest absolute Gasteiger partial charge is 0.293 e. The minimum absolute atomic E-state index is 0.468. The fourth-order valence-electron chi connectivity index (χ4n) is 2.91. The number of rotatable bonds is 4. The van der Waals surface area contributed by atoms with Gasteiger partial charge in [0.15, 0.2) is 0 Å². The number of aliphatic hydroxyl groups excluding tert-OH is 1. The van der Waals surface area contributed by atoms with E-state index in [0.717, 1.165) is 35.8 Å². The Hall–Kier alpha value is -0.950. The first kappa shape index (κ1) is 14.0. The second-order valence-corrected chi connectivity index (χ2v) is 6.22. The van der Waals surface area contributed by atoms with Crippen molar-refractivity contribution in [2.24, 2.45) is 0 Å². The SMILES string of the molecule is O=C[B]N1CCc2sc3c(c2C1)CN([B]C=O)CC3O. The van der Waals surface area contributed by atoms with E-state index in [1.54, 1.807) is 18.8 Å². The quantitative estimate of drug-likeness (QED) is 0.602. The van der Waals surface area contributed by atoms with Gasteiger partial charge in [0.2, 0.25) is 0 Å². The van der Waals surface area contributed by atoms with Crippen molar-refractivity contribution in [1.29, 1.82) is 0 Å². The highest BCUT2D eigenvalue weighted by molar-refractivity contribution is 7.12. The first-order valence-electron chi connectivity index (χ1n) is 6.59. The van der Waals surface area contributed by atoms with E-state index in [0.29, 0.717) is 19.6 Å². The monoisotopic (exact) mass is 288 g/mol. The van der Waals surface area contributed by atoms with Crippen molar-refractivity contribution in [3.63, 3.8) is 0 Å². The third-order valence-corrected chi connectivity index (χ3v) is 5.27. The average Bonchev–Trinajstić information content (AvgIpc) is 2.79. The molecule has 0 aromatic carbocycles. The highest BCUT2D eigenvalue weighted by Crippen LogP contribution is 2.39. The van der Waals surface area contributed by atoms with Gasteiger partial charge in [-0.15, -0.1) is 11.3 Å². The predicted molar refractivity (Wildman–Crippen MR) is 78.8 cm³/mol. The number of hydrogen-bond donors (Lipinski definition) is 1. The molecule has 0 fully saturated rings. The van der Waals surface area contributed by atoms with Gasteiger partial charge >= 0.3 is 0 Å². The summed E-state index contributed by atoms with van der Waals surface area (Å²) in [6, 6.07) is 0. The van der Waals surface area contributed by atoms with E-state index in [1.165, 1.54) is 17.9 Å². The molecule has 0 spiro atoms. The highest BCUT2D eigenvalue weighted by Gasteiger charge is 2.32. The topological polar surface area (TPSA) is 60.9 Å². The first-order valence-corrected chi connectivity index (χ1v) is 7.41. The van der Waals surface area contributed by atoms with Crippen molar-refractivity contribution < 1.29 is 14.7 Å². The van der Waals surface area contributed by atoms with Gasteiger partial charge in [0.1, 0.15) is 6.10 Å². The van der Waals surface area contributed by atoms with E-state index in [2.05, 4.69) is 0 Å². The van der Waals surface area contributed by atoms with Crippen molar-refractivity contribution in [2.45, 2.75) is 25.6 Å². The fourth-order valence-corrected chi connectivity index (χ4v) is 4.21. The molecule has 5 nitrogen and oxygen atoms in total. The molecule has 20 heavy (non-hydrogen) atoms. The Morgan fingerprint density at radius 1 is 1.15 bits per heavy atom. The van der Waals surface area contributed by atoms with Gasteiger partial charge in [0, 0.05) is 29.4 Å². The molecule has 3 heterocycles. The lowest BCUT2D eigenvalue weighted by Crippen LogP contribution is -2.38. The number of aliphatic hydroxyl groups is 1. The average molecular weight is 288 g/mol.